The van der Waals surface area contributed by atoms with Crippen LogP contribution in [0.1, 0.15) is 54.9 Å². The number of nitrogens with zero attached hydrogens (tertiary/aromatic N) is 1. The highest BCUT2D eigenvalue weighted by Gasteiger charge is 2.14. The summed E-state index contributed by atoms with van der Waals surface area (Å²) in [6, 6.07) is 8.22. The summed E-state index contributed by atoms with van der Waals surface area (Å²) in [5, 5.41) is 9.66. The number of benzene rings is 1. The van der Waals surface area contributed by atoms with E-state index in [1.807, 2.05) is 31.2 Å². The molecule has 3 N–H and O–H groups in total. The van der Waals surface area contributed by atoms with Crippen molar-refractivity contribution < 1.29 is 4.79 Å². The predicted molar refractivity (Wildman–Crippen MR) is 110 cm³/mol. The van der Waals surface area contributed by atoms with E-state index in [-0.39, 0.29) is 29.9 Å². The molecule has 134 valence electrons. The van der Waals surface area contributed by atoms with Crippen LogP contribution in [0.4, 0.5) is 0 Å². The minimum absolute atomic E-state index is 0. The predicted octanol–water partition coefficient (Wildman–Crippen LogP) is 3.05. The highest BCUT2D eigenvalue weighted by atomic mass is 127. The molecule has 24 heavy (non-hydrogen) atoms. The SMILES string of the molecule is CCNC(=O)c1cccc(CNC(=NC)NC2CCCCC2)c1.I. The normalized spacial score (nSPS) is 15.3. The van der Waals surface area contributed by atoms with E-state index in [9.17, 15) is 4.79 Å². The second-order valence-corrected chi connectivity index (χ2v) is 5.96. The van der Waals surface area contributed by atoms with Gasteiger partial charge in [-0.3, -0.25) is 9.79 Å². The third-order valence-electron chi connectivity index (χ3n) is 4.16. The standard InChI is InChI=1S/C18H28N4O.HI/c1-3-20-17(23)15-9-7-8-14(12-15)13-21-18(19-2)22-16-10-5-4-6-11-16;/h7-9,12,16H,3-6,10-11,13H2,1-2H3,(H,20,23)(H2,19,21,22);1H. The number of rotatable bonds is 5. The lowest BCUT2D eigenvalue weighted by Gasteiger charge is -2.24. The molecule has 0 saturated heterocycles. The van der Waals surface area contributed by atoms with E-state index in [0.29, 0.717) is 24.7 Å². The molecule has 1 aliphatic carbocycles. The van der Waals surface area contributed by atoms with Gasteiger partial charge in [0.05, 0.1) is 0 Å². The number of nitrogens with one attached hydrogen (secondary N) is 3. The first-order chi connectivity index (χ1) is 11.2. The van der Waals surface area contributed by atoms with Crippen LogP contribution in [0.3, 0.4) is 0 Å². The van der Waals surface area contributed by atoms with Gasteiger partial charge in [-0.1, -0.05) is 31.4 Å². The maximum Gasteiger partial charge on any atom is 0.251 e. The van der Waals surface area contributed by atoms with Gasteiger partial charge in [0.25, 0.3) is 5.91 Å². The van der Waals surface area contributed by atoms with Crippen LogP contribution >= 0.6 is 24.0 Å². The Morgan fingerprint density at radius 3 is 2.62 bits per heavy atom. The number of aliphatic imine (C=N–C) groups is 1. The molecular weight excluding hydrogens is 415 g/mol. The second kappa shape index (κ2) is 11.3. The number of hydrogen-bond donors (Lipinski definition) is 3. The molecule has 6 heteroatoms. The maximum absolute atomic E-state index is 11.9. The van der Waals surface area contributed by atoms with Crippen LogP contribution in [0.25, 0.3) is 0 Å². The Balaban J connectivity index is 0.00000288. The Morgan fingerprint density at radius 2 is 1.96 bits per heavy atom. The number of guanidine groups is 1. The summed E-state index contributed by atoms with van der Waals surface area (Å²) < 4.78 is 0. The minimum Gasteiger partial charge on any atom is -0.354 e. The topological polar surface area (TPSA) is 65.5 Å². The van der Waals surface area contributed by atoms with Gasteiger partial charge in [-0.05, 0) is 37.5 Å². The second-order valence-electron chi connectivity index (χ2n) is 5.96. The molecule has 0 aromatic heterocycles. The van der Waals surface area contributed by atoms with Gasteiger partial charge in [-0.2, -0.15) is 0 Å². The fourth-order valence-electron chi connectivity index (χ4n) is 2.91. The lowest BCUT2D eigenvalue weighted by Crippen LogP contribution is -2.43. The quantitative estimate of drug-likeness (QED) is 0.372. The molecule has 0 spiro atoms. The van der Waals surface area contributed by atoms with Crippen molar-refractivity contribution in [2.24, 2.45) is 4.99 Å². The van der Waals surface area contributed by atoms with Crippen LogP contribution in [0.5, 0.6) is 0 Å². The fraction of sp³-hybridized carbons (Fsp3) is 0.556. The van der Waals surface area contributed by atoms with Crippen molar-refractivity contribution in [1.82, 2.24) is 16.0 Å². The molecule has 0 atom stereocenters. The summed E-state index contributed by atoms with van der Waals surface area (Å²) in [5.74, 6) is 0.805. The number of carbonyl (C=O) groups is 1. The molecule has 1 amide bonds. The van der Waals surface area contributed by atoms with E-state index in [0.717, 1.165) is 11.5 Å². The first kappa shape index (κ1) is 20.7. The molecule has 0 bridgehead atoms. The molecule has 5 nitrogen and oxygen atoms in total. The third-order valence-corrected chi connectivity index (χ3v) is 4.16. The molecule has 0 aliphatic heterocycles. The summed E-state index contributed by atoms with van der Waals surface area (Å²) in [6.07, 6.45) is 6.37. The van der Waals surface area contributed by atoms with E-state index in [1.54, 1.807) is 7.05 Å². The zero-order valence-electron chi connectivity index (χ0n) is 14.6. The lowest BCUT2D eigenvalue weighted by molar-refractivity contribution is 0.0955. The van der Waals surface area contributed by atoms with Crippen molar-refractivity contribution in [1.29, 1.82) is 0 Å². The van der Waals surface area contributed by atoms with E-state index in [2.05, 4.69) is 20.9 Å². The Bertz CT molecular complexity index is 542. The molecule has 1 fully saturated rings. The molecular formula is C18H29IN4O. The van der Waals surface area contributed by atoms with Gasteiger partial charge in [0, 0.05) is 31.7 Å². The van der Waals surface area contributed by atoms with E-state index in [4.69, 9.17) is 0 Å². The van der Waals surface area contributed by atoms with Gasteiger partial charge < -0.3 is 16.0 Å². The molecule has 1 aromatic carbocycles. The Labute approximate surface area is 162 Å². The van der Waals surface area contributed by atoms with E-state index >= 15 is 0 Å². The number of hydrogen-bond acceptors (Lipinski definition) is 2. The number of amides is 1. The van der Waals surface area contributed by atoms with Gasteiger partial charge in [0.2, 0.25) is 0 Å². The van der Waals surface area contributed by atoms with Crippen molar-refractivity contribution in [3.05, 3.63) is 35.4 Å². The molecule has 1 saturated carbocycles. The van der Waals surface area contributed by atoms with Gasteiger partial charge in [0.1, 0.15) is 0 Å². The Hall–Kier alpha value is -1.31. The van der Waals surface area contributed by atoms with Crippen LogP contribution in [0.15, 0.2) is 29.3 Å². The van der Waals surface area contributed by atoms with Gasteiger partial charge >= 0.3 is 0 Å². The molecule has 2 rings (SSSR count). The Kier molecular flexibility index (Phi) is 9.75. The first-order valence-electron chi connectivity index (χ1n) is 8.57. The maximum atomic E-state index is 11.9. The summed E-state index contributed by atoms with van der Waals surface area (Å²) in [4.78, 5) is 16.2. The van der Waals surface area contributed by atoms with Crippen molar-refractivity contribution in [2.45, 2.75) is 51.6 Å². The van der Waals surface area contributed by atoms with Crippen LogP contribution in [-0.4, -0.2) is 31.5 Å². The lowest BCUT2D eigenvalue weighted by atomic mass is 9.96. The zero-order chi connectivity index (χ0) is 16.5. The smallest absolute Gasteiger partial charge is 0.251 e. The minimum atomic E-state index is -0.0286. The van der Waals surface area contributed by atoms with Gasteiger partial charge in [-0.15, -0.1) is 24.0 Å². The monoisotopic (exact) mass is 444 g/mol. The molecule has 1 aromatic rings. The highest BCUT2D eigenvalue weighted by Crippen LogP contribution is 2.17. The van der Waals surface area contributed by atoms with Crippen molar-refractivity contribution in [3.8, 4) is 0 Å². The van der Waals surface area contributed by atoms with Crippen molar-refractivity contribution in [3.63, 3.8) is 0 Å². The van der Waals surface area contributed by atoms with Crippen LogP contribution in [0, 0.1) is 0 Å². The summed E-state index contributed by atoms with van der Waals surface area (Å²) in [5.41, 5.74) is 1.77. The zero-order valence-corrected chi connectivity index (χ0v) is 16.9. The first-order valence-corrected chi connectivity index (χ1v) is 8.57. The van der Waals surface area contributed by atoms with E-state index < -0.39 is 0 Å². The number of halogens is 1. The van der Waals surface area contributed by atoms with Crippen molar-refractivity contribution >= 4 is 35.8 Å². The molecule has 0 radical (unpaired) electrons. The van der Waals surface area contributed by atoms with Crippen LogP contribution < -0.4 is 16.0 Å². The van der Waals surface area contributed by atoms with E-state index in [1.165, 1.54) is 32.1 Å². The highest BCUT2D eigenvalue weighted by molar-refractivity contribution is 14.0. The molecule has 1 aliphatic rings. The third kappa shape index (κ3) is 6.67. The summed E-state index contributed by atoms with van der Waals surface area (Å²) >= 11 is 0. The van der Waals surface area contributed by atoms with Gasteiger partial charge in [0.15, 0.2) is 5.96 Å². The van der Waals surface area contributed by atoms with Crippen molar-refractivity contribution in [2.75, 3.05) is 13.6 Å². The summed E-state index contributed by atoms with van der Waals surface area (Å²) in [7, 11) is 1.79. The Morgan fingerprint density at radius 1 is 1.21 bits per heavy atom. The van der Waals surface area contributed by atoms with Crippen LogP contribution in [0.2, 0.25) is 0 Å². The van der Waals surface area contributed by atoms with Crippen LogP contribution in [-0.2, 0) is 6.54 Å². The fourth-order valence-corrected chi connectivity index (χ4v) is 2.91. The average Bonchev–Trinajstić information content (AvgIpc) is 2.60. The summed E-state index contributed by atoms with van der Waals surface area (Å²) in [6.45, 7) is 3.21. The number of carbonyl (C=O) groups excluding carboxylic acids is 1. The van der Waals surface area contributed by atoms with Gasteiger partial charge in [-0.25, -0.2) is 0 Å². The molecule has 0 unspecified atom stereocenters. The largest absolute Gasteiger partial charge is 0.354 e. The average molecular weight is 444 g/mol. The molecule has 0 heterocycles.